The molecular formula is C18H21N3O2S2. The highest BCUT2D eigenvalue weighted by atomic mass is 32.2. The second-order valence-corrected chi connectivity index (χ2v) is 8.07. The minimum Gasteiger partial charge on any atom is -0.481 e. The van der Waals surface area contributed by atoms with Crippen molar-refractivity contribution in [2.24, 2.45) is 0 Å². The monoisotopic (exact) mass is 375 g/mol. The van der Waals surface area contributed by atoms with Crippen molar-refractivity contribution in [1.29, 1.82) is 0 Å². The van der Waals surface area contributed by atoms with Gasteiger partial charge in [-0.2, -0.15) is 0 Å². The van der Waals surface area contributed by atoms with E-state index in [4.69, 9.17) is 4.74 Å². The molecule has 2 aromatic rings. The summed E-state index contributed by atoms with van der Waals surface area (Å²) in [6, 6.07) is 6.09. The van der Waals surface area contributed by atoms with Crippen LogP contribution in [0.4, 0.5) is 5.13 Å². The fourth-order valence-electron chi connectivity index (χ4n) is 2.76. The Kier molecular flexibility index (Phi) is 6.09. The molecule has 1 aromatic carbocycles. The zero-order chi connectivity index (χ0) is 17.6. The molecule has 5 nitrogen and oxygen atoms in total. The fourth-order valence-corrected chi connectivity index (χ4v) is 4.27. The highest BCUT2D eigenvalue weighted by Crippen LogP contribution is 2.30. The summed E-state index contributed by atoms with van der Waals surface area (Å²) in [5, 5.41) is 11.3. The quantitative estimate of drug-likeness (QED) is 0.448. The summed E-state index contributed by atoms with van der Waals surface area (Å²) in [7, 11) is 0. The lowest BCUT2D eigenvalue weighted by molar-refractivity contribution is -0.122. The van der Waals surface area contributed by atoms with E-state index >= 15 is 0 Å². The first-order valence-electron chi connectivity index (χ1n) is 8.33. The van der Waals surface area contributed by atoms with Gasteiger partial charge in [0.15, 0.2) is 10.4 Å². The van der Waals surface area contributed by atoms with Gasteiger partial charge in [0.25, 0.3) is 5.91 Å². The van der Waals surface area contributed by atoms with Crippen LogP contribution in [0.5, 0.6) is 5.75 Å². The molecular weight excluding hydrogens is 354 g/mol. The fraction of sp³-hybridized carbons (Fsp3) is 0.389. The van der Waals surface area contributed by atoms with Crippen LogP contribution in [-0.4, -0.2) is 28.0 Å². The molecule has 0 fully saturated rings. The van der Waals surface area contributed by atoms with E-state index in [2.05, 4.69) is 28.2 Å². The maximum absolute atomic E-state index is 12.4. The van der Waals surface area contributed by atoms with Crippen molar-refractivity contribution in [3.63, 3.8) is 0 Å². The van der Waals surface area contributed by atoms with Crippen molar-refractivity contribution in [3.8, 4) is 5.75 Å². The largest absolute Gasteiger partial charge is 0.481 e. The van der Waals surface area contributed by atoms with Crippen LogP contribution in [0.15, 0.2) is 35.2 Å². The van der Waals surface area contributed by atoms with Crippen molar-refractivity contribution >= 4 is 34.1 Å². The molecule has 0 radical (unpaired) electrons. The highest BCUT2D eigenvalue weighted by Gasteiger charge is 2.20. The maximum atomic E-state index is 12.4. The zero-order valence-electron chi connectivity index (χ0n) is 14.2. The Labute approximate surface area is 155 Å². The number of anilines is 1. The predicted molar refractivity (Wildman–Crippen MR) is 103 cm³/mol. The van der Waals surface area contributed by atoms with Gasteiger partial charge in [0.2, 0.25) is 5.13 Å². The van der Waals surface area contributed by atoms with Crippen LogP contribution in [0.25, 0.3) is 0 Å². The van der Waals surface area contributed by atoms with E-state index in [0.717, 1.165) is 28.7 Å². The topological polar surface area (TPSA) is 64.1 Å². The van der Waals surface area contributed by atoms with E-state index in [0.29, 0.717) is 5.13 Å². The van der Waals surface area contributed by atoms with E-state index in [1.165, 1.54) is 47.1 Å². The van der Waals surface area contributed by atoms with E-state index in [1.807, 2.05) is 12.1 Å². The molecule has 1 amide bonds. The molecule has 0 unspecified atom stereocenters. The number of nitrogens with one attached hydrogen (secondary N) is 1. The number of amides is 1. The molecule has 1 aliphatic rings. The lowest BCUT2D eigenvalue weighted by atomic mass is 9.91. The summed E-state index contributed by atoms with van der Waals surface area (Å²) in [6.07, 6.45) is 5.70. The number of hydrogen-bond donors (Lipinski definition) is 1. The van der Waals surface area contributed by atoms with Gasteiger partial charge in [0, 0.05) is 5.75 Å². The second-order valence-electron chi connectivity index (χ2n) is 5.82. The third-order valence-electron chi connectivity index (χ3n) is 3.99. The van der Waals surface area contributed by atoms with Gasteiger partial charge in [-0.15, -0.1) is 16.8 Å². The molecule has 0 saturated heterocycles. The molecule has 1 heterocycles. The van der Waals surface area contributed by atoms with Gasteiger partial charge < -0.3 is 4.74 Å². The molecule has 3 rings (SSSR count). The normalized spacial score (nSPS) is 14.4. The van der Waals surface area contributed by atoms with Crippen LogP contribution in [-0.2, 0) is 17.6 Å². The molecule has 0 saturated carbocycles. The van der Waals surface area contributed by atoms with Crippen molar-refractivity contribution < 1.29 is 9.53 Å². The minimum atomic E-state index is -0.596. The third-order valence-corrected chi connectivity index (χ3v) is 5.96. The van der Waals surface area contributed by atoms with E-state index in [1.54, 1.807) is 13.0 Å². The average molecular weight is 376 g/mol. The average Bonchev–Trinajstić information content (AvgIpc) is 3.07. The summed E-state index contributed by atoms with van der Waals surface area (Å²) in [5.74, 6) is 1.37. The summed E-state index contributed by atoms with van der Waals surface area (Å²) in [5.41, 5.74) is 2.58. The first kappa shape index (κ1) is 17.9. The highest BCUT2D eigenvalue weighted by molar-refractivity contribution is 8.01. The van der Waals surface area contributed by atoms with Crippen molar-refractivity contribution in [3.05, 3.63) is 42.0 Å². The molecule has 1 atom stereocenters. The van der Waals surface area contributed by atoms with Crippen LogP contribution in [0.3, 0.4) is 0 Å². The van der Waals surface area contributed by atoms with Crippen molar-refractivity contribution in [1.82, 2.24) is 10.2 Å². The molecule has 1 N–H and O–H groups in total. The number of nitrogens with zero attached hydrogens (tertiary/aromatic N) is 2. The molecule has 0 aliphatic heterocycles. The number of hydrogen-bond acceptors (Lipinski definition) is 6. The van der Waals surface area contributed by atoms with Gasteiger partial charge in [-0.05, 0) is 49.8 Å². The number of ether oxygens (including phenoxy) is 1. The van der Waals surface area contributed by atoms with E-state index in [-0.39, 0.29) is 5.91 Å². The Morgan fingerprint density at radius 3 is 3.12 bits per heavy atom. The van der Waals surface area contributed by atoms with Gasteiger partial charge in [-0.3, -0.25) is 10.1 Å². The number of thioether (sulfide) groups is 1. The molecule has 7 heteroatoms. The first-order chi connectivity index (χ1) is 12.2. The SMILES string of the molecule is C=CCSc1nnc(NC(=O)[C@@H](C)Oc2cccc3c2CCCC3)s1. The van der Waals surface area contributed by atoms with E-state index in [9.17, 15) is 4.79 Å². The number of rotatable bonds is 7. The molecule has 0 bridgehead atoms. The zero-order valence-corrected chi connectivity index (χ0v) is 15.8. The molecule has 0 spiro atoms. The smallest absolute Gasteiger partial charge is 0.266 e. The van der Waals surface area contributed by atoms with Gasteiger partial charge in [-0.25, -0.2) is 0 Å². The second kappa shape index (κ2) is 8.49. The van der Waals surface area contributed by atoms with Gasteiger partial charge in [-0.1, -0.05) is 41.3 Å². The summed E-state index contributed by atoms with van der Waals surface area (Å²) < 4.78 is 6.75. The Hall–Kier alpha value is -1.86. The Balaban J connectivity index is 1.61. The van der Waals surface area contributed by atoms with Crippen molar-refractivity contribution in [2.75, 3.05) is 11.1 Å². The van der Waals surface area contributed by atoms with Crippen LogP contribution in [0, 0.1) is 0 Å². The van der Waals surface area contributed by atoms with Crippen LogP contribution < -0.4 is 10.1 Å². The molecule has 1 aromatic heterocycles. The van der Waals surface area contributed by atoms with Crippen LogP contribution >= 0.6 is 23.1 Å². The Morgan fingerprint density at radius 2 is 2.28 bits per heavy atom. The number of carbonyl (C=O) groups excluding carboxylic acids is 1. The van der Waals surface area contributed by atoms with Crippen LogP contribution in [0.2, 0.25) is 0 Å². The number of aromatic nitrogens is 2. The molecule has 25 heavy (non-hydrogen) atoms. The van der Waals surface area contributed by atoms with Gasteiger partial charge in [0.05, 0.1) is 0 Å². The predicted octanol–water partition coefficient (Wildman–Crippen LogP) is 4.10. The number of aryl methyl sites for hydroxylation is 1. The van der Waals surface area contributed by atoms with Crippen molar-refractivity contribution in [2.45, 2.75) is 43.1 Å². The third kappa shape index (κ3) is 4.61. The standard InChI is InChI=1S/C18H21N3O2S2/c1-3-11-24-18-21-20-17(25-18)19-16(22)12(2)23-15-10-6-8-13-7-4-5-9-14(13)15/h3,6,8,10,12H,1,4-5,7,9,11H2,2H3,(H,19,20,22)/t12-/m1/s1. The lowest BCUT2D eigenvalue weighted by Crippen LogP contribution is -2.30. The maximum Gasteiger partial charge on any atom is 0.266 e. The Bertz CT molecular complexity index is 761. The van der Waals surface area contributed by atoms with Crippen LogP contribution in [0.1, 0.15) is 30.9 Å². The summed E-state index contributed by atoms with van der Waals surface area (Å²) in [4.78, 5) is 12.4. The van der Waals surface area contributed by atoms with Gasteiger partial charge >= 0.3 is 0 Å². The Morgan fingerprint density at radius 1 is 1.44 bits per heavy atom. The number of benzene rings is 1. The number of carbonyl (C=O) groups is 1. The first-order valence-corrected chi connectivity index (χ1v) is 10.1. The molecule has 1 aliphatic carbocycles. The lowest BCUT2D eigenvalue weighted by Gasteiger charge is -2.21. The summed E-state index contributed by atoms with van der Waals surface area (Å²) >= 11 is 2.89. The molecule has 132 valence electrons. The minimum absolute atomic E-state index is 0.218. The summed E-state index contributed by atoms with van der Waals surface area (Å²) in [6.45, 7) is 5.43. The van der Waals surface area contributed by atoms with Gasteiger partial charge in [0.1, 0.15) is 5.75 Å². The van der Waals surface area contributed by atoms with E-state index < -0.39 is 6.10 Å². The number of fused-ring (bicyclic) bond motifs is 1.